The summed E-state index contributed by atoms with van der Waals surface area (Å²) in [6.07, 6.45) is 1.99. The number of hydrogen-bond donors (Lipinski definition) is 3. The maximum absolute atomic E-state index is 11.3. The number of aliphatic hydroxyl groups excluding tert-OH is 1. The molecular weight excluding hydrogens is 384 g/mol. The van der Waals surface area contributed by atoms with Crippen molar-refractivity contribution in [3.05, 3.63) is 60.2 Å². The van der Waals surface area contributed by atoms with E-state index >= 15 is 0 Å². The van der Waals surface area contributed by atoms with Gasteiger partial charge in [-0.25, -0.2) is 9.78 Å². The number of nitrogen functional groups attached to an aromatic ring is 1. The predicted molar refractivity (Wildman–Crippen MR) is 105 cm³/mol. The summed E-state index contributed by atoms with van der Waals surface area (Å²) in [4.78, 5) is 15.4. The normalized spacial score (nSPS) is 11.4. The number of esters is 1. The number of aromatic nitrogens is 4. The largest absolute Gasteiger partial charge is 0.467 e. The molecule has 0 saturated heterocycles. The van der Waals surface area contributed by atoms with Crippen LogP contribution in [0.3, 0.4) is 0 Å². The molecule has 1 atom stereocenters. The Balaban J connectivity index is 0.00000280. The highest BCUT2D eigenvalue weighted by Gasteiger charge is 2.17. The van der Waals surface area contributed by atoms with Gasteiger partial charge in [0.1, 0.15) is 12.2 Å². The van der Waals surface area contributed by atoms with Crippen LogP contribution in [0.1, 0.15) is 11.3 Å². The lowest BCUT2D eigenvalue weighted by molar-refractivity contribution is -0.150. The lowest BCUT2D eigenvalue weighted by Gasteiger charge is -2.05. The molecule has 28 heavy (non-hydrogen) atoms. The first-order chi connectivity index (χ1) is 13.0. The van der Waals surface area contributed by atoms with Crippen molar-refractivity contribution in [3.8, 4) is 17.1 Å². The number of carbonyl (C=O) groups excluding carboxylic acids is 1. The number of halogens is 1. The van der Waals surface area contributed by atoms with Crippen LogP contribution in [-0.4, -0.2) is 49.9 Å². The Hall–Kier alpha value is -3.30. The van der Waals surface area contributed by atoms with Gasteiger partial charge in [-0.2, -0.15) is 0 Å². The van der Waals surface area contributed by atoms with E-state index in [1.807, 2.05) is 18.2 Å². The Kier molecular flexibility index (Phi) is 6.80. The molecule has 0 aliphatic heterocycles. The third-order valence-electron chi connectivity index (χ3n) is 3.92. The number of hydrogen-bond acceptors (Lipinski definition) is 7. The number of aliphatic hydroxyl groups is 1. The Morgan fingerprint density at radius 3 is 2.54 bits per heavy atom. The summed E-state index contributed by atoms with van der Waals surface area (Å²) in [5, 5.41) is 25.5. The summed E-state index contributed by atoms with van der Waals surface area (Å²) in [5.41, 5.74) is 8.15. The minimum Gasteiger partial charge on any atom is -0.467 e. The number of amidine groups is 1. The topological polar surface area (TPSA) is 140 Å². The molecule has 1 aromatic carbocycles. The number of nitrogens with zero attached hydrogens (tertiary/aromatic N) is 4. The monoisotopic (exact) mass is 402 g/mol. The number of imidazole rings is 1. The van der Waals surface area contributed by atoms with Crippen LogP contribution in [0, 0.1) is 5.41 Å². The fourth-order valence-corrected chi connectivity index (χ4v) is 2.45. The molecule has 0 amide bonds. The van der Waals surface area contributed by atoms with Crippen molar-refractivity contribution in [1.82, 2.24) is 19.7 Å². The Morgan fingerprint density at radius 2 is 1.96 bits per heavy atom. The first-order valence-corrected chi connectivity index (χ1v) is 8.05. The summed E-state index contributed by atoms with van der Waals surface area (Å²) in [6.45, 7) is 0. The minimum absolute atomic E-state index is 0. The summed E-state index contributed by atoms with van der Waals surface area (Å²) in [6, 6.07) is 10.7. The number of carbonyl (C=O) groups is 1. The molecule has 0 bridgehead atoms. The number of ether oxygens (including phenoxy) is 1. The minimum atomic E-state index is -1.26. The van der Waals surface area contributed by atoms with E-state index in [0.29, 0.717) is 22.8 Å². The summed E-state index contributed by atoms with van der Waals surface area (Å²) >= 11 is 0. The zero-order valence-corrected chi connectivity index (χ0v) is 15.8. The Morgan fingerprint density at radius 1 is 1.25 bits per heavy atom. The molecule has 3 rings (SSSR count). The molecule has 0 fully saturated rings. The molecule has 2 heterocycles. The molecule has 0 radical (unpaired) electrons. The smallest absolute Gasteiger partial charge is 0.335 e. The first-order valence-electron chi connectivity index (χ1n) is 8.05. The van der Waals surface area contributed by atoms with E-state index in [0.717, 1.165) is 5.56 Å². The average Bonchev–Trinajstić information content (AvgIpc) is 3.16. The van der Waals surface area contributed by atoms with Gasteiger partial charge in [-0.3, -0.25) is 9.98 Å². The third kappa shape index (κ3) is 4.70. The maximum atomic E-state index is 11.3. The molecule has 0 saturated carbocycles. The van der Waals surface area contributed by atoms with Crippen molar-refractivity contribution in [2.75, 3.05) is 7.11 Å². The average molecular weight is 403 g/mol. The fraction of sp³-hybridized carbons (Fsp3) is 0.167. The molecule has 0 aliphatic rings. The lowest BCUT2D eigenvalue weighted by Crippen LogP contribution is -2.24. The van der Waals surface area contributed by atoms with Crippen molar-refractivity contribution in [1.29, 1.82) is 5.41 Å². The summed E-state index contributed by atoms with van der Waals surface area (Å²) < 4.78 is 6.13. The number of methoxy groups -OCH3 is 1. The fourth-order valence-electron chi connectivity index (χ4n) is 2.45. The molecule has 3 aromatic rings. The lowest BCUT2D eigenvalue weighted by atomic mass is 10.1. The molecule has 146 valence electrons. The Labute approximate surface area is 167 Å². The second kappa shape index (κ2) is 9.07. The van der Waals surface area contributed by atoms with Crippen LogP contribution in [0.4, 0.5) is 0 Å². The second-order valence-electron chi connectivity index (χ2n) is 5.78. The quantitative estimate of drug-likeness (QED) is 0.318. The zero-order chi connectivity index (χ0) is 19.4. The van der Waals surface area contributed by atoms with Gasteiger partial charge in [0.2, 0.25) is 0 Å². The predicted octanol–water partition coefficient (Wildman–Crippen LogP) is 1.11. The van der Waals surface area contributed by atoms with Crippen molar-refractivity contribution >= 4 is 24.2 Å². The van der Waals surface area contributed by atoms with Gasteiger partial charge in [-0.15, -0.1) is 22.6 Å². The first kappa shape index (κ1) is 21.0. The van der Waals surface area contributed by atoms with E-state index in [4.69, 9.17) is 11.1 Å². The molecule has 9 nitrogen and oxygen atoms in total. The van der Waals surface area contributed by atoms with Crippen LogP contribution >= 0.6 is 12.4 Å². The molecule has 2 aromatic heterocycles. The van der Waals surface area contributed by atoms with E-state index in [9.17, 15) is 9.90 Å². The molecule has 0 aliphatic carbocycles. The third-order valence-corrected chi connectivity index (χ3v) is 3.92. The zero-order valence-electron chi connectivity index (χ0n) is 14.9. The van der Waals surface area contributed by atoms with Gasteiger partial charge in [0.15, 0.2) is 11.9 Å². The molecule has 10 heteroatoms. The van der Waals surface area contributed by atoms with Gasteiger partial charge in [-0.1, -0.05) is 24.3 Å². The van der Waals surface area contributed by atoms with Crippen LogP contribution in [-0.2, 0) is 16.0 Å². The van der Waals surface area contributed by atoms with Crippen molar-refractivity contribution in [2.45, 2.75) is 12.5 Å². The van der Waals surface area contributed by atoms with Gasteiger partial charge in [0.05, 0.1) is 18.5 Å². The second-order valence-corrected chi connectivity index (χ2v) is 5.78. The number of nitrogens with one attached hydrogen (secondary N) is 1. The Bertz CT molecular complexity index is 956. The van der Waals surface area contributed by atoms with E-state index in [2.05, 4.69) is 19.9 Å². The van der Waals surface area contributed by atoms with E-state index < -0.39 is 12.1 Å². The van der Waals surface area contributed by atoms with E-state index in [1.54, 1.807) is 29.0 Å². The molecular formula is C18H19ClN6O3. The van der Waals surface area contributed by atoms with E-state index in [1.165, 1.54) is 13.4 Å². The molecule has 4 N–H and O–H groups in total. The highest BCUT2D eigenvalue weighted by molar-refractivity contribution is 5.95. The van der Waals surface area contributed by atoms with Gasteiger partial charge in [0.25, 0.3) is 0 Å². The molecule has 0 spiro atoms. The van der Waals surface area contributed by atoms with Crippen LogP contribution in [0.2, 0.25) is 0 Å². The number of rotatable bonds is 6. The standard InChI is InChI=1S/C18H18N6O3.ClH/c1-27-18(26)15(25)8-13-9-24(10-21-13)16-7-6-14(22-23-16)11-2-4-12(5-3-11)17(19)20;/h2-7,9-10,15,25H,8H2,1H3,(H3,19,20);1H. The number of benzene rings is 1. The van der Waals surface area contributed by atoms with Crippen LogP contribution < -0.4 is 5.73 Å². The summed E-state index contributed by atoms with van der Waals surface area (Å²) in [7, 11) is 1.22. The van der Waals surface area contributed by atoms with Crippen molar-refractivity contribution < 1.29 is 14.6 Å². The number of nitrogens with two attached hydrogens (primary N) is 1. The maximum Gasteiger partial charge on any atom is 0.335 e. The van der Waals surface area contributed by atoms with Gasteiger partial charge in [-0.05, 0) is 12.1 Å². The molecule has 1 unspecified atom stereocenters. The van der Waals surface area contributed by atoms with Crippen molar-refractivity contribution in [3.63, 3.8) is 0 Å². The van der Waals surface area contributed by atoms with Gasteiger partial charge in [0, 0.05) is 23.7 Å². The SMILES string of the molecule is COC(=O)C(O)Cc1cn(-c2ccc(-c3ccc(C(=N)N)cc3)nn2)cn1.Cl. The van der Waals surface area contributed by atoms with Gasteiger partial charge < -0.3 is 15.6 Å². The highest BCUT2D eigenvalue weighted by Crippen LogP contribution is 2.18. The summed E-state index contributed by atoms with van der Waals surface area (Å²) in [5.74, 6) is -0.147. The van der Waals surface area contributed by atoms with Crippen LogP contribution in [0.25, 0.3) is 17.1 Å². The highest BCUT2D eigenvalue weighted by atomic mass is 35.5. The van der Waals surface area contributed by atoms with Gasteiger partial charge >= 0.3 is 5.97 Å². The van der Waals surface area contributed by atoms with Crippen LogP contribution in [0.15, 0.2) is 48.9 Å². The van der Waals surface area contributed by atoms with E-state index in [-0.39, 0.29) is 24.7 Å². The van der Waals surface area contributed by atoms with Crippen LogP contribution in [0.5, 0.6) is 0 Å². The van der Waals surface area contributed by atoms with Crippen molar-refractivity contribution in [2.24, 2.45) is 5.73 Å².